The number of nitrogens with zero attached hydrogens (tertiary/aromatic N) is 1. The summed E-state index contributed by atoms with van der Waals surface area (Å²) < 4.78 is 0. The topological polar surface area (TPSA) is 15.3 Å². The van der Waals surface area contributed by atoms with Crippen LogP contribution >= 0.6 is 11.8 Å². The smallest absolute Gasteiger partial charge is 0.0227 e. The second kappa shape index (κ2) is 4.87. The first-order valence-corrected chi connectivity index (χ1v) is 7.98. The molecule has 4 aliphatic rings. The number of hydrogen-bond acceptors (Lipinski definition) is 3. The highest BCUT2D eigenvalue weighted by molar-refractivity contribution is 7.99. The highest BCUT2D eigenvalue weighted by Crippen LogP contribution is 2.30. The van der Waals surface area contributed by atoms with Gasteiger partial charge in [0.15, 0.2) is 0 Å². The summed E-state index contributed by atoms with van der Waals surface area (Å²) in [6, 6.07) is 1.58. The van der Waals surface area contributed by atoms with Gasteiger partial charge in [0.05, 0.1) is 0 Å². The fourth-order valence-electron chi connectivity index (χ4n) is 3.57. The molecule has 3 heteroatoms. The molecule has 3 atom stereocenters. The molecule has 0 radical (unpaired) electrons. The van der Waals surface area contributed by atoms with Gasteiger partial charge >= 0.3 is 0 Å². The molecule has 0 amide bonds. The SMILES string of the molecule is CC1SCCCC1NC1CN2CCC1CC2. The standard InChI is InChI=1S/C13H24N2S/c1-10-12(3-2-8-16-10)14-13-9-15-6-4-11(13)5-7-15/h10-14H,2-9H2,1H3. The Morgan fingerprint density at radius 3 is 2.56 bits per heavy atom. The Morgan fingerprint density at radius 2 is 1.94 bits per heavy atom. The van der Waals surface area contributed by atoms with Crippen molar-refractivity contribution in [2.75, 3.05) is 25.4 Å². The molecule has 0 aromatic rings. The van der Waals surface area contributed by atoms with E-state index in [-0.39, 0.29) is 0 Å². The summed E-state index contributed by atoms with van der Waals surface area (Å²) in [6.07, 6.45) is 5.68. The van der Waals surface area contributed by atoms with Gasteiger partial charge in [-0.25, -0.2) is 0 Å². The Labute approximate surface area is 104 Å². The van der Waals surface area contributed by atoms with E-state index in [9.17, 15) is 0 Å². The predicted octanol–water partition coefficient (Wildman–Crippen LogP) is 1.95. The maximum absolute atomic E-state index is 3.98. The molecule has 0 saturated carbocycles. The molecule has 4 heterocycles. The fourth-order valence-corrected chi connectivity index (χ4v) is 4.72. The Bertz CT molecular complexity index is 238. The molecule has 16 heavy (non-hydrogen) atoms. The Hall–Kier alpha value is 0.270. The first kappa shape index (κ1) is 11.4. The number of nitrogens with one attached hydrogen (secondary N) is 1. The van der Waals surface area contributed by atoms with Crippen LogP contribution in [0.25, 0.3) is 0 Å². The zero-order valence-electron chi connectivity index (χ0n) is 10.3. The van der Waals surface area contributed by atoms with Gasteiger partial charge in [0.1, 0.15) is 0 Å². The first-order valence-electron chi connectivity index (χ1n) is 6.93. The lowest BCUT2D eigenvalue weighted by atomic mass is 9.83. The van der Waals surface area contributed by atoms with Crippen molar-refractivity contribution >= 4 is 11.8 Å². The van der Waals surface area contributed by atoms with Crippen LogP contribution in [0.4, 0.5) is 0 Å². The molecule has 2 nitrogen and oxygen atoms in total. The van der Waals surface area contributed by atoms with Crippen LogP contribution in [-0.2, 0) is 0 Å². The van der Waals surface area contributed by atoms with Crippen molar-refractivity contribution in [1.82, 2.24) is 10.2 Å². The van der Waals surface area contributed by atoms with Crippen molar-refractivity contribution < 1.29 is 0 Å². The lowest BCUT2D eigenvalue weighted by molar-refractivity contribution is 0.0662. The molecule has 3 unspecified atom stereocenters. The third-order valence-electron chi connectivity index (χ3n) is 4.69. The summed E-state index contributed by atoms with van der Waals surface area (Å²) in [5.41, 5.74) is 0. The van der Waals surface area contributed by atoms with Crippen LogP contribution in [0.3, 0.4) is 0 Å². The summed E-state index contributed by atoms with van der Waals surface area (Å²) in [7, 11) is 0. The minimum absolute atomic E-state index is 0.782. The monoisotopic (exact) mass is 240 g/mol. The van der Waals surface area contributed by atoms with E-state index in [0.29, 0.717) is 0 Å². The molecule has 1 N–H and O–H groups in total. The molecular weight excluding hydrogens is 216 g/mol. The fraction of sp³-hybridized carbons (Fsp3) is 1.00. The third kappa shape index (κ3) is 2.27. The third-order valence-corrected chi connectivity index (χ3v) is 6.07. The van der Waals surface area contributed by atoms with E-state index >= 15 is 0 Å². The van der Waals surface area contributed by atoms with E-state index in [1.807, 2.05) is 0 Å². The van der Waals surface area contributed by atoms with Gasteiger partial charge in [-0.1, -0.05) is 6.92 Å². The molecule has 0 aliphatic carbocycles. The molecular formula is C13H24N2S. The average Bonchev–Trinajstić information content (AvgIpc) is 2.34. The lowest BCUT2D eigenvalue weighted by Gasteiger charge is -2.47. The molecule has 0 aromatic carbocycles. The Balaban J connectivity index is 1.57. The van der Waals surface area contributed by atoms with Crippen LogP contribution < -0.4 is 5.32 Å². The molecule has 92 valence electrons. The van der Waals surface area contributed by atoms with Crippen LogP contribution in [0.1, 0.15) is 32.6 Å². The van der Waals surface area contributed by atoms with Gasteiger partial charge in [0.2, 0.25) is 0 Å². The summed E-state index contributed by atoms with van der Waals surface area (Å²) >= 11 is 2.16. The van der Waals surface area contributed by atoms with Crippen LogP contribution in [0.2, 0.25) is 0 Å². The van der Waals surface area contributed by atoms with Crippen molar-refractivity contribution in [3.05, 3.63) is 0 Å². The van der Waals surface area contributed by atoms with Gasteiger partial charge in [0, 0.05) is 23.9 Å². The molecule has 4 aliphatic heterocycles. The largest absolute Gasteiger partial charge is 0.309 e. The number of piperidine rings is 3. The van der Waals surface area contributed by atoms with Crippen LogP contribution in [0.5, 0.6) is 0 Å². The van der Waals surface area contributed by atoms with Crippen LogP contribution in [0, 0.1) is 5.92 Å². The average molecular weight is 240 g/mol. The van der Waals surface area contributed by atoms with Crippen molar-refractivity contribution in [3.8, 4) is 0 Å². The minimum atomic E-state index is 0.782. The van der Waals surface area contributed by atoms with Gasteiger partial charge < -0.3 is 10.2 Å². The van der Waals surface area contributed by atoms with Gasteiger partial charge in [0.25, 0.3) is 0 Å². The Kier molecular flexibility index (Phi) is 3.46. The maximum Gasteiger partial charge on any atom is 0.0227 e. The number of thioether (sulfide) groups is 1. The summed E-state index contributed by atoms with van der Waals surface area (Å²) in [6.45, 7) is 6.44. The van der Waals surface area contributed by atoms with Crippen molar-refractivity contribution in [2.24, 2.45) is 5.92 Å². The first-order chi connectivity index (χ1) is 7.83. The van der Waals surface area contributed by atoms with E-state index in [1.54, 1.807) is 0 Å². The van der Waals surface area contributed by atoms with E-state index in [0.717, 1.165) is 23.3 Å². The van der Waals surface area contributed by atoms with Crippen LogP contribution in [-0.4, -0.2) is 47.6 Å². The number of rotatable bonds is 2. The maximum atomic E-state index is 3.98. The number of hydrogen-bond donors (Lipinski definition) is 1. The summed E-state index contributed by atoms with van der Waals surface area (Å²) in [4.78, 5) is 2.65. The summed E-state index contributed by atoms with van der Waals surface area (Å²) in [5, 5.41) is 4.80. The molecule has 4 saturated heterocycles. The molecule has 0 aromatic heterocycles. The second-order valence-electron chi connectivity index (χ2n) is 5.74. The summed E-state index contributed by atoms with van der Waals surface area (Å²) in [5.74, 6) is 2.35. The lowest BCUT2D eigenvalue weighted by Crippen LogP contribution is -2.59. The Morgan fingerprint density at radius 1 is 1.12 bits per heavy atom. The highest BCUT2D eigenvalue weighted by Gasteiger charge is 2.36. The molecule has 4 rings (SSSR count). The van der Waals surface area contributed by atoms with E-state index in [4.69, 9.17) is 0 Å². The quantitative estimate of drug-likeness (QED) is 0.794. The van der Waals surface area contributed by atoms with Crippen LogP contribution in [0.15, 0.2) is 0 Å². The van der Waals surface area contributed by atoms with Crippen molar-refractivity contribution in [3.63, 3.8) is 0 Å². The minimum Gasteiger partial charge on any atom is -0.309 e. The number of fused-ring (bicyclic) bond motifs is 3. The van der Waals surface area contributed by atoms with Crippen molar-refractivity contribution in [1.29, 1.82) is 0 Å². The zero-order valence-corrected chi connectivity index (χ0v) is 11.1. The van der Waals surface area contributed by atoms with E-state index in [2.05, 4.69) is 28.9 Å². The van der Waals surface area contributed by atoms with Gasteiger partial charge in [-0.2, -0.15) is 11.8 Å². The normalized spacial score (nSPS) is 48.2. The zero-order chi connectivity index (χ0) is 11.0. The van der Waals surface area contributed by atoms with Gasteiger partial charge in [-0.3, -0.25) is 0 Å². The van der Waals surface area contributed by atoms with E-state index in [1.165, 1.54) is 51.1 Å². The highest BCUT2D eigenvalue weighted by atomic mass is 32.2. The molecule has 2 bridgehead atoms. The molecule has 0 spiro atoms. The predicted molar refractivity (Wildman–Crippen MR) is 71.0 cm³/mol. The second-order valence-corrected chi connectivity index (χ2v) is 7.22. The van der Waals surface area contributed by atoms with Crippen molar-refractivity contribution in [2.45, 2.75) is 49.9 Å². The molecule has 4 fully saturated rings. The van der Waals surface area contributed by atoms with Gasteiger partial charge in [-0.15, -0.1) is 0 Å². The van der Waals surface area contributed by atoms with Gasteiger partial charge in [-0.05, 0) is 50.4 Å². The van der Waals surface area contributed by atoms with E-state index < -0.39 is 0 Å².